The number of hydrogen-bond acceptors (Lipinski definition) is 4. The van der Waals surface area contributed by atoms with Gasteiger partial charge in [-0.25, -0.2) is 0 Å². The van der Waals surface area contributed by atoms with E-state index in [-0.39, 0.29) is 12.2 Å². The molecular weight excluding hydrogens is 325 g/mol. The van der Waals surface area contributed by atoms with Crippen LogP contribution < -0.4 is 10.9 Å². The van der Waals surface area contributed by atoms with Crippen LogP contribution in [-0.4, -0.2) is 27.1 Å². The van der Waals surface area contributed by atoms with Crippen LogP contribution in [0, 0.1) is 0 Å². The van der Waals surface area contributed by atoms with Crippen molar-refractivity contribution in [1.82, 2.24) is 14.3 Å². The molecule has 1 N–H and O–H groups in total. The van der Waals surface area contributed by atoms with Crippen LogP contribution in [0.15, 0.2) is 23.1 Å². The van der Waals surface area contributed by atoms with E-state index in [1.165, 1.54) is 12.1 Å². The van der Waals surface area contributed by atoms with Crippen molar-refractivity contribution in [2.45, 2.75) is 32.3 Å². The molecule has 0 saturated carbocycles. The van der Waals surface area contributed by atoms with Crippen LogP contribution in [0.3, 0.4) is 0 Å². The molecule has 0 saturated heterocycles. The second kappa shape index (κ2) is 6.31. The van der Waals surface area contributed by atoms with Gasteiger partial charge >= 0.3 is 6.18 Å². The third-order valence-electron chi connectivity index (χ3n) is 3.90. The van der Waals surface area contributed by atoms with Gasteiger partial charge in [0.05, 0.1) is 31.1 Å². The van der Waals surface area contributed by atoms with Crippen molar-refractivity contribution < 1.29 is 17.9 Å². The van der Waals surface area contributed by atoms with E-state index in [9.17, 15) is 18.0 Å². The van der Waals surface area contributed by atoms with Crippen molar-refractivity contribution >= 4 is 5.69 Å². The summed E-state index contributed by atoms with van der Waals surface area (Å²) < 4.78 is 45.3. The molecule has 0 radical (unpaired) electrons. The van der Waals surface area contributed by atoms with E-state index in [0.29, 0.717) is 17.8 Å². The zero-order valence-corrected chi connectivity index (χ0v) is 13.1. The summed E-state index contributed by atoms with van der Waals surface area (Å²) in [4.78, 5) is 12.1. The Balaban J connectivity index is 1.80. The van der Waals surface area contributed by atoms with Gasteiger partial charge in [-0.2, -0.15) is 18.3 Å². The minimum absolute atomic E-state index is 0.119. The zero-order chi connectivity index (χ0) is 17.3. The number of aryl methyl sites for hydroxylation is 1. The summed E-state index contributed by atoms with van der Waals surface area (Å²) >= 11 is 0. The molecule has 130 valence electrons. The lowest BCUT2D eigenvalue weighted by Crippen LogP contribution is -2.29. The lowest BCUT2D eigenvalue weighted by Gasteiger charge is -2.14. The first-order valence-corrected chi connectivity index (χ1v) is 7.46. The van der Waals surface area contributed by atoms with Crippen LogP contribution in [0.5, 0.6) is 0 Å². The molecular formula is C15H17F3N4O2. The fourth-order valence-corrected chi connectivity index (χ4v) is 2.76. The van der Waals surface area contributed by atoms with Gasteiger partial charge in [-0.3, -0.25) is 9.48 Å². The molecule has 9 heteroatoms. The quantitative estimate of drug-likeness (QED) is 0.921. The number of ether oxygens (including phenoxy) is 1. The first kappa shape index (κ1) is 16.6. The van der Waals surface area contributed by atoms with E-state index >= 15 is 0 Å². The van der Waals surface area contributed by atoms with Crippen LogP contribution in [-0.2, 0) is 37.9 Å². The highest BCUT2D eigenvalue weighted by molar-refractivity contribution is 5.42. The van der Waals surface area contributed by atoms with E-state index in [2.05, 4.69) is 10.4 Å². The van der Waals surface area contributed by atoms with Crippen molar-refractivity contribution in [2.75, 3.05) is 11.9 Å². The summed E-state index contributed by atoms with van der Waals surface area (Å²) in [5.74, 6) is 0. The van der Waals surface area contributed by atoms with Gasteiger partial charge in [-0.05, 0) is 12.1 Å². The Bertz CT molecular complexity index is 795. The Hall–Kier alpha value is -2.29. The number of halogens is 3. The molecule has 0 unspecified atom stereocenters. The molecule has 1 aliphatic heterocycles. The predicted molar refractivity (Wildman–Crippen MR) is 80.7 cm³/mol. The van der Waals surface area contributed by atoms with Crippen LogP contribution in [0.4, 0.5) is 18.9 Å². The normalized spacial score (nSPS) is 14.5. The maximum atomic E-state index is 12.5. The molecule has 2 aromatic heterocycles. The Morgan fingerprint density at radius 2 is 2.21 bits per heavy atom. The lowest BCUT2D eigenvalue weighted by atomic mass is 10.1. The van der Waals surface area contributed by atoms with Crippen molar-refractivity contribution in [3.8, 4) is 0 Å². The van der Waals surface area contributed by atoms with E-state index in [4.69, 9.17) is 4.74 Å². The Morgan fingerprint density at radius 1 is 1.42 bits per heavy atom. The van der Waals surface area contributed by atoms with Crippen LogP contribution in [0.25, 0.3) is 0 Å². The van der Waals surface area contributed by atoms with Gasteiger partial charge in [0, 0.05) is 25.2 Å². The number of alkyl halides is 3. The highest BCUT2D eigenvalue weighted by Crippen LogP contribution is 2.21. The number of anilines is 1. The summed E-state index contributed by atoms with van der Waals surface area (Å²) in [6, 6.07) is 2.88. The molecule has 3 heterocycles. The number of rotatable bonds is 4. The molecule has 0 aromatic carbocycles. The number of hydrogen-bond donors (Lipinski definition) is 1. The molecule has 1 aliphatic rings. The maximum absolute atomic E-state index is 12.5. The van der Waals surface area contributed by atoms with Crippen molar-refractivity contribution in [3.05, 3.63) is 45.6 Å². The summed E-state index contributed by atoms with van der Waals surface area (Å²) in [7, 11) is 1.79. The van der Waals surface area contributed by atoms with E-state index in [1.54, 1.807) is 11.7 Å². The van der Waals surface area contributed by atoms with Gasteiger partial charge in [-0.15, -0.1) is 0 Å². The summed E-state index contributed by atoms with van der Waals surface area (Å²) in [6.07, 6.45) is -2.59. The molecule has 0 amide bonds. The van der Waals surface area contributed by atoms with Crippen LogP contribution in [0.2, 0.25) is 0 Å². The van der Waals surface area contributed by atoms with Crippen molar-refractivity contribution in [3.63, 3.8) is 0 Å². The van der Waals surface area contributed by atoms with Crippen LogP contribution >= 0.6 is 0 Å². The molecule has 3 rings (SSSR count). The first-order valence-electron chi connectivity index (χ1n) is 7.46. The van der Waals surface area contributed by atoms with Crippen LogP contribution in [0.1, 0.15) is 17.0 Å². The predicted octanol–water partition coefficient (Wildman–Crippen LogP) is 1.83. The second-order valence-corrected chi connectivity index (χ2v) is 5.62. The average molecular weight is 342 g/mol. The van der Waals surface area contributed by atoms with Gasteiger partial charge in [0.25, 0.3) is 5.56 Å². The highest BCUT2D eigenvalue weighted by Gasteiger charge is 2.28. The number of aromatic nitrogens is 3. The Labute approximate surface area is 135 Å². The van der Waals surface area contributed by atoms with Gasteiger partial charge < -0.3 is 14.6 Å². The van der Waals surface area contributed by atoms with Gasteiger partial charge in [-0.1, -0.05) is 0 Å². The molecule has 0 atom stereocenters. The number of nitrogens with zero attached hydrogens (tertiary/aromatic N) is 3. The average Bonchev–Trinajstić information content (AvgIpc) is 2.82. The highest BCUT2D eigenvalue weighted by atomic mass is 19.4. The lowest BCUT2D eigenvalue weighted by molar-refractivity contribution is -0.141. The van der Waals surface area contributed by atoms with E-state index in [1.807, 2.05) is 0 Å². The zero-order valence-electron chi connectivity index (χ0n) is 13.1. The molecule has 0 aliphatic carbocycles. The van der Waals surface area contributed by atoms with Gasteiger partial charge in [0.2, 0.25) is 0 Å². The Kier molecular flexibility index (Phi) is 4.35. The minimum Gasteiger partial charge on any atom is -0.376 e. The largest absolute Gasteiger partial charge is 0.406 e. The van der Waals surface area contributed by atoms with E-state index in [0.717, 1.165) is 29.6 Å². The summed E-state index contributed by atoms with van der Waals surface area (Å²) in [6.45, 7) is 0.0504. The third-order valence-corrected chi connectivity index (χ3v) is 3.90. The molecule has 0 bridgehead atoms. The maximum Gasteiger partial charge on any atom is 0.406 e. The second-order valence-electron chi connectivity index (χ2n) is 5.62. The monoisotopic (exact) mass is 342 g/mol. The smallest absolute Gasteiger partial charge is 0.376 e. The summed E-state index contributed by atoms with van der Waals surface area (Å²) in [5.41, 5.74) is 2.21. The molecule has 24 heavy (non-hydrogen) atoms. The van der Waals surface area contributed by atoms with Crippen molar-refractivity contribution in [2.24, 2.45) is 7.05 Å². The fourth-order valence-electron chi connectivity index (χ4n) is 2.76. The Morgan fingerprint density at radius 3 is 2.96 bits per heavy atom. The standard InChI is InChI=1S/C15H17F3N4O2/c1-21-13(10-8-24-6-4-11(10)20-21)7-19-12-3-2-5-22(14(12)23)9-15(16,17)18/h2-3,5,19H,4,6-9H2,1H3. The first-order chi connectivity index (χ1) is 11.3. The van der Waals surface area contributed by atoms with Gasteiger partial charge in [0.15, 0.2) is 0 Å². The number of nitrogens with one attached hydrogen (secondary N) is 1. The minimum atomic E-state index is -4.44. The molecule has 0 spiro atoms. The van der Waals surface area contributed by atoms with Crippen molar-refractivity contribution in [1.29, 1.82) is 0 Å². The number of pyridine rings is 1. The van der Waals surface area contributed by atoms with Gasteiger partial charge in [0.1, 0.15) is 12.2 Å². The third kappa shape index (κ3) is 3.45. The molecule has 6 nitrogen and oxygen atoms in total. The summed E-state index contributed by atoms with van der Waals surface area (Å²) in [5, 5.41) is 7.33. The fraction of sp³-hybridized carbons (Fsp3) is 0.467. The number of fused-ring (bicyclic) bond motifs is 1. The molecule has 0 fully saturated rings. The van der Waals surface area contributed by atoms with E-state index < -0.39 is 18.3 Å². The molecule has 2 aromatic rings. The topological polar surface area (TPSA) is 61.1 Å². The SMILES string of the molecule is Cn1nc2c(c1CNc1cccn(CC(F)(F)F)c1=O)COCC2.